The Morgan fingerprint density at radius 1 is 1.25 bits per heavy atom. The number of nitriles is 1. The first kappa shape index (κ1) is 17.2. The number of nitrogens with one attached hydrogen (secondary N) is 2. The maximum absolute atomic E-state index is 13.5. The van der Waals surface area contributed by atoms with Gasteiger partial charge in [-0.2, -0.15) is 5.26 Å². The van der Waals surface area contributed by atoms with E-state index in [1.807, 2.05) is 0 Å². The average molecular weight is 349 g/mol. The number of carbonyl (C=O) groups excluding carboxylic acids is 1. The second-order valence-corrected chi connectivity index (χ2v) is 5.01. The van der Waals surface area contributed by atoms with Crippen LogP contribution in [-0.4, -0.2) is 5.91 Å². The van der Waals surface area contributed by atoms with E-state index in [0.29, 0.717) is 11.4 Å². The fraction of sp³-hybridized carbons (Fsp3) is 0. The molecule has 0 heterocycles. The van der Waals surface area contributed by atoms with Crippen molar-refractivity contribution in [3.8, 4) is 6.07 Å². The van der Waals surface area contributed by atoms with Gasteiger partial charge in [-0.05, 0) is 30.3 Å². The van der Waals surface area contributed by atoms with Gasteiger partial charge < -0.3 is 16.4 Å². The second kappa shape index (κ2) is 7.44. The molecule has 0 aliphatic rings. The molecule has 0 saturated heterocycles. The Hall–Kier alpha value is -3.11. The van der Waals surface area contributed by atoms with Gasteiger partial charge in [0.15, 0.2) is 0 Å². The minimum atomic E-state index is -0.853. The molecule has 24 heavy (non-hydrogen) atoms. The summed E-state index contributed by atoms with van der Waals surface area (Å²) in [5.41, 5.74) is 5.36. The minimum Gasteiger partial charge on any atom is -0.398 e. The van der Waals surface area contributed by atoms with Crippen molar-refractivity contribution in [1.82, 2.24) is 0 Å². The van der Waals surface area contributed by atoms with Crippen LogP contribution >= 0.6 is 11.6 Å². The van der Waals surface area contributed by atoms with Crippen molar-refractivity contribution in [1.29, 1.82) is 5.26 Å². The Labute approximate surface area is 141 Å². The molecule has 0 bridgehead atoms. The van der Waals surface area contributed by atoms with Gasteiger partial charge in [-0.25, -0.2) is 8.78 Å². The molecule has 8 heteroatoms. The second-order valence-electron chi connectivity index (χ2n) is 4.60. The molecule has 0 spiro atoms. The number of halogens is 3. The Bertz CT molecular complexity index is 841. The third kappa shape index (κ3) is 4.00. The van der Waals surface area contributed by atoms with Crippen molar-refractivity contribution in [2.75, 3.05) is 16.4 Å². The Balaban J connectivity index is 2.16. The SMILES string of the molecule is N#C/C(=C/Nc1c(F)cccc1F)C(=O)Nc1ccc(N)c(Cl)c1. The molecule has 0 unspecified atom stereocenters. The first-order valence-electron chi connectivity index (χ1n) is 6.59. The van der Waals surface area contributed by atoms with Gasteiger partial charge in [0.2, 0.25) is 0 Å². The summed E-state index contributed by atoms with van der Waals surface area (Å²) in [4.78, 5) is 12.0. The van der Waals surface area contributed by atoms with Gasteiger partial charge in [0.05, 0.1) is 10.7 Å². The van der Waals surface area contributed by atoms with Gasteiger partial charge in [0.1, 0.15) is 29.0 Å². The first-order chi connectivity index (χ1) is 11.4. The van der Waals surface area contributed by atoms with Gasteiger partial charge in [0.25, 0.3) is 5.91 Å². The van der Waals surface area contributed by atoms with E-state index >= 15 is 0 Å². The number of nitrogens with two attached hydrogens (primary N) is 1. The number of rotatable bonds is 4. The van der Waals surface area contributed by atoms with E-state index in [-0.39, 0.29) is 10.6 Å². The van der Waals surface area contributed by atoms with E-state index in [1.54, 1.807) is 6.07 Å². The van der Waals surface area contributed by atoms with Gasteiger partial charge in [-0.1, -0.05) is 17.7 Å². The lowest BCUT2D eigenvalue weighted by Crippen LogP contribution is -2.15. The van der Waals surface area contributed by atoms with Crippen LogP contribution in [0.25, 0.3) is 0 Å². The summed E-state index contributed by atoms with van der Waals surface area (Å²) in [5, 5.41) is 14.0. The summed E-state index contributed by atoms with van der Waals surface area (Å²) < 4.78 is 27.0. The molecule has 0 radical (unpaired) electrons. The molecule has 5 nitrogen and oxygen atoms in total. The van der Waals surface area contributed by atoms with Gasteiger partial charge in [-0.3, -0.25) is 4.79 Å². The number of anilines is 3. The normalized spacial score (nSPS) is 10.8. The topological polar surface area (TPSA) is 90.9 Å². The summed E-state index contributed by atoms with van der Waals surface area (Å²) in [5.74, 6) is -2.48. The van der Waals surface area contributed by atoms with Crippen molar-refractivity contribution in [3.63, 3.8) is 0 Å². The smallest absolute Gasteiger partial charge is 0.267 e. The molecular weight excluding hydrogens is 338 g/mol. The summed E-state index contributed by atoms with van der Waals surface area (Å²) in [6.45, 7) is 0. The first-order valence-corrected chi connectivity index (χ1v) is 6.97. The number of amides is 1. The van der Waals surface area contributed by atoms with Crippen LogP contribution in [0.4, 0.5) is 25.8 Å². The zero-order chi connectivity index (χ0) is 17.7. The highest BCUT2D eigenvalue weighted by atomic mass is 35.5. The highest BCUT2D eigenvalue weighted by molar-refractivity contribution is 6.33. The van der Waals surface area contributed by atoms with Crippen LogP contribution in [-0.2, 0) is 4.79 Å². The van der Waals surface area contributed by atoms with E-state index in [2.05, 4.69) is 10.6 Å². The summed E-state index contributed by atoms with van der Waals surface area (Å²) in [6.07, 6.45) is 0.912. The Kier molecular flexibility index (Phi) is 5.35. The quantitative estimate of drug-likeness (QED) is 0.447. The van der Waals surface area contributed by atoms with Crippen LogP contribution in [0.1, 0.15) is 0 Å². The van der Waals surface area contributed by atoms with Crippen LogP contribution in [0.15, 0.2) is 48.2 Å². The van der Waals surface area contributed by atoms with Crippen LogP contribution in [0, 0.1) is 23.0 Å². The van der Waals surface area contributed by atoms with E-state index in [0.717, 1.165) is 18.3 Å². The number of benzene rings is 2. The average Bonchev–Trinajstić information content (AvgIpc) is 2.54. The van der Waals surface area contributed by atoms with Gasteiger partial charge >= 0.3 is 0 Å². The molecule has 0 saturated carbocycles. The zero-order valence-corrected chi connectivity index (χ0v) is 12.9. The van der Waals surface area contributed by atoms with E-state index < -0.39 is 23.2 Å². The molecule has 0 aliphatic heterocycles. The van der Waals surface area contributed by atoms with Crippen molar-refractivity contribution in [3.05, 3.63) is 64.8 Å². The van der Waals surface area contributed by atoms with Crippen LogP contribution in [0.5, 0.6) is 0 Å². The summed E-state index contributed by atoms with van der Waals surface area (Å²) in [6, 6.07) is 9.32. The molecule has 2 rings (SSSR count). The van der Waals surface area contributed by atoms with Crippen LogP contribution < -0.4 is 16.4 Å². The van der Waals surface area contributed by atoms with Gasteiger partial charge in [-0.15, -0.1) is 0 Å². The van der Waals surface area contributed by atoms with Crippen LogP contribution in [0.2, 0.25) is 5.02 Å². The highest BCUT2D eigenvalue weighted by Crippen LogP contribution is 2.23. The number of carbonyl (C=O) groups is 1. The zero-order valence-electron chi connectivity index (χ0n) is 12.1. The van der Waals surface area contributed by atoms with E-state index in [4.69, 9.17) is 22.6 Å². The van der Waals surface area contributed by atoms with E-state index in [1.165, 1.54) is 24.3 Å². The Morgan fingerprint density at radius 2 is 1.92 bits per heavy atom. The molecule has 0 aromatic heterocycles. The predicted molar refractivity (Wildman–Crippen MR) is 88.2 cm³/mol. The highest BCUT2D eigenvalue weighted by Gasteiger charge is 2.12. The number of para-hydroxylation sites is 1. The molecule has 0 atom stereocenters. The van der Waals surface area contributed by atoms with Crippen molar-refractivity contribution in [2.24, 2.45) is 0 Å². The molecule has 2 aromatic carbocycles. The predicted octanol–water partition coefficient (Wildman–Crippen LogP) is 3.66. The molecule has 2 aromatic rings. The maximum Gasteiger partial charge on any atom is 0.267 e. The molecule has 0 aliphatic carbocycles. The fourth-order valence-corrected chi connectivity index (χ4v) is 1.91. The fourth-order valence-electron chi connectivity index (χ4n) is 1.73. The van der Waals surface area contributed by atoms with Crippen molar-refractivity contribution >= 4 is 34.6 Å². The standard InChI is InChI=1S/C16H11ClF2N4O/c17-11-6-10(4-5-14(11)21)23-16(24)9(7-20)8-22-15-12(18)2-1-3-13(15)19/h1-6,8,22H,21H2,(H,23,24)/b9-8-. The molecule has 122 valence electrons. The number of hydrogen-bond donors (Lipinski definition) is 3. The van der Waals surface area contributed by atoms with Crippen LogP contribution in [0.3, 0.4) is 0 Å². The monoisotopic (exact) mass is 348 g/mol. The molecule has 4 N–H and O–H groups in total. The molecular formula is C16H11ClF2N4O. The lowest BCUT2D eigenvalue weighted by atomic mass is 10.2. The summed E-state index contributed by atoms with van der Waals surface area (Å²) in [7, 11) is 0. The van der Waals surface area contributed by atoms with Gasteiger partial charge in [0, 0.05) is 11.9 Å². The van der Waals surface area contributed by atoms with Crippen molar-refractivity contribution < 1.29 is 13.6 Å². The third-order valence-electron chi connectivity index (χ3n) is 2.95. The molecule has 1 amide bonds. The van der Waals surface area contributed by atoms with Crippen molar-refractivity contribution in [2.45, 2.75) is 0 Å². The van der Waals surface area contributed by atoms with E-state index in [9.17, 15) is 13.6 Å². The Morgan fingerprint density at radius 3 is 2.50 bits per heavy atom. The maximum atomic E-state index is 13.5. The number of hydrogen-bond acceptors (Lipinski definition) is 4. The largest absolute Gasteiger partial charge is 0.398 e. The summed E-state index contributed by atoms with van der Waals surface area (Å²) >= 11 is 5.84. The third-order valence-corrected chi connectivity index (χ3v) is 3.27. The lowest BCUT2D eigenvalue weighted by Gasteiger charge is -2.07. The number of nitrogens with zero attached hydrogens (tertiary/aromatic N) is 1. The lowest BCUT2D eigenvalue weighted by molar-refractivity contribution is -0.112. The minimum absolute atomic E-state index is 0.238. The molecule has 0 fully saturated rings. The number of nitrogen functional groups attached to an aromatic ring is 1.